The van der Waals surface area contributed by atoms with E-state index in [1.165, 1.54) is 24.4 Å². The Labute approximate surface area is 108 Å². The number of carboxylic acid groups (broad SMARTS) is 1. The Morgan fingerprint density at radius 2 is 2.21 bits per heavy atom. The van der Waals surface area contributed by atoms with Crippen molar-refractivity contribution in [3.8, 4) is 0 Å². The summed E-state index contributed by atoms with van der Waals surface area (Å²) in [4.78, 5) is 14.9. The SMILES string of the molecule is Nc1c(C(=O)O)ccnc1NCc1cccc(F)c1. The summed E-state index contributed by atoms with van der Waals surface area (Å²) in [7, 11) is 0. The smallest absolute Gasteiger partial charge is 0.337 e. The van der Waals surface area contributed by atoms with E-state index in [1.807, 2.05) is 0 Å². The van der Waals surface area contributed by atoms with Crippen molar-refractivity contribution in [2.24, 2.45) is 0 Å². The van der Waals surface area contributed by atoms with Gasteiger partial charge >= 0.3 is 5.97 Å². The Balaban J connectivity index is 2.16. The zero-order valence-electron chi connectivity index (χ0n) is 9.93. The quantitative estimate of drug-likeness (QED) is 0.784. The number of nitrogens with one attached hydrogen (secondary N) is 1. The Morgan fingerprint density at radius 3 is 2.89 bits per heavy atom. The lowest BCUT2D eigenvalue weighted by Gasteiger charge is -2.10. The molecule has 0 radical (unpaired) electrons. The number of aromatic carboxylic acids is 1. The highest BCUT2D eigenvalue weighted by Crippen LogP contribution is 2.20. The molecule has 0 fully saturated rings. The van der Waals surface area contributed by atoms with Crippen molar-refractivity contribution in [2.45, 2.75) is 6.54 Å². The van der Waals surface area contributed by atoms with E-state index in [2.05, 4.69) is 10.3 Å². The molecule has 5 nitrogen and oxygen atoms in total. The van der Waals surface area contributed by atoms with E-state index >= 15 is 0 Å². The molecule has 19 heavy (non-hydrogen) atoms. The lowest BCUT2D eigenvalue weighted by molar-refractivity contribution is 0.0698. The molecule has 0 spiro atoms. The summed E-state index contributed by atoms with van der Waals surface area (Å²) in [6.45, 7) is 0.304. The van der Waals surface area contributed by atoms with Crippen LogP contribution in [-0.4, -0.2) is 16.1 Å². The molecule has 1 aromatic carbocycles. The molecule has 1 aromatic heterocycles. The third-order valence-electron chi connectivity index (χ3n) is 2.57. The minimum absolute atomic E-state index is 0.0169. The van der Waals surface area contributed by atoms with Gasteiger partial charge < -0.3 is 16.2 Å². The molecule has 0 aliphatic rings. The number of carbonyl (C=O) groups is 1. The summed E-state index contributed by atoms with van der Waals surface area (Å²) in [6, 6.07) is 7.39. The van der Waals surface area contributed by atoms with Gasteiger partial charge in [-0.25, -0.2) is 14.2 Å². The van der Waals surface area contributed by atoms with Crippen molar-refractivity contribution in [2.75, 3.05) is 11.1 Å². The lowest BCUT2D eigenvalue weighted by atomic mass is 10.2. The van der Waals surface area contributed by atoms with Gasteiger partial charge in [0.05, 0.1) is 11.3 Å². The van der Waals surface area contributed by atoms with Gasteiger partial charge in [-0.1, -0.05) is 12.1 Å². The number of halogens is 1. The molecule has 1 heterocycles. The monoisotopic (exact) mass is 261 g/mol. The van der Waals surface area contributed by atoms with Crippen LogP contribution in [-0.2, 0) is 6.54 Å². The summed E-state index contributed by atoms with van der Waals surface area (Å²) < 4.78 is 13.0. The first-order chi connectivity index (χ1) is 9.08. The van der Waals surface area contributed by atoms with Gasteiger partial charge in [0.1, 0.15) is 11.6 Å². The van der Waals surface area contributed by atoms with Gasteiger partial charge in [-0.05, 0) is 23.8 Å². The van der Waals surface area contributed by atoms with Crippen LogP contribution in [0.4, 0.5) is 15.9 Å². The highest BCUT2D eigenvalue weighted by molar-refractivity contribution is 5.96. The highest BCUT2D eigenvalue weighted by atomic mass is 19.1. The predicted octanol–water partition coefficient (Wildman–Crippen LogP) is 2.11. The molecular formula is C13H12FN3O2. The molecule has 0 amide bonds. The maximum atomic E-state index is 13.0. The Bertz CT molecular complexity index is 617. The fraction of sp³-hybridized carbons (Fsp3) is 0.0769. The average Bonchev–Trinajstić information content (AvgIpc) is 2.37. The highest BCUT2D eigenvalue weighted by Gasteiger charge is 2.11. The van der Waals surface area contributed by atoms with E-state index in [0.717, 1.165) is 0 Å². The van der Waals surface area contributed by atoms with E-state index in [-0.39, 0.29) is 22.9 Å². The van der Waals surface area contributed by atoms with Gasteiger partial charge in [0.15, 0.2) is 0 Å². The number of aromatic nitrogens is 1. The van der Waals surface area contributed by atoms with E-state index in [0.29, 0.717) is 12.1 Å². The Kier molecular flexibility index (Phi) is 3.61. The molecule has 0 aliphatic carbocycles. The van der Waals surface area contributed by atoms with Crippen LogP contribution in [0, 0.1) is 5.82 Å². The second-order valence-electron chi connectivity index (χ2n) is 3.91. The largest absolute Gasteiger partial charge is 0.478 e. The van der Waals surface area contributed by atoms with Crippen molar-refractivity contribution < 1.29 is 14.3 Å². The first kappa shape index (κ1) is 12.8. The zero-order chi connectivity index (χ0) is 13.8. The second-order valence-corrected chi connectivity index (χ2v) is 3.91. The normalized spacial score (nSPS) is 10.2. The van der Waals surface area contributed by atoms with Crippen LogP contribution in [0.5, 0.6) is 0 Å². The van der Waals surface area contributed by atoms with Crippen LogP contribution in [0.3, 0.4) is 0 Å². The van der Waals surface area contributed by atoms with Crippen LogP contribution in [0.1, 0.15) is 15.9 Å². The Morgan fingerprint density at radius 1 is 1.42 bits per heavy atom. The third-order valence-corrected chi connectivity index (χ3v) is 2.57. The molecule has 0 atom stereocenters. The number of anilines is 2. The molecule has 2 rings (SSSR count). The molecule has 2 aromatic rings. The van der Waals surface area contributed by atoms with Gasteiger partial charge in [-0.3, -0.25) is 0 Å². The summed E-state index contributed by atoms with van der Waals surface area (Å²) in [5.41, 5.74) is 6.45. The molecule has 0 saturated heterocycles. The van der Waals surface area contributed by atoms with Gasteiger partial charge in [0, 0.05) is 12.7 Å². The summed E-state index contributed by atoms with van der Waals surface area (Å²) in [6.07, 6.45) is 1.35. The number of hydrogen-bond donors (Lipinski definition) is 3. The van der Waals surface area contributed by atoms with E-state index in [4.69, 9.17) is 10.8 Å². The maximum Gasteiger partial charge on any atom is 0.337 e. The first-order valence-corrected chi connectivity index (χ1v) is 5.54. The fourth-order valence-corrected chi connectivity index (χ4v) is 1.63. The van der Waals surface area contributed by atoms with Crippen LogP contribution in [0.25, 0.3) is 0 Å². The average molecular weight is 261 g/mol. The van der Waals surface area contributed by atoms with Crippen LogP contribution in [0.15, 0.2) is 36.5 Å². The van der Waals surface area contributed by atoms with Crippen LogP contribution in [0.2, 0.25) is 0 Å². The van der Waals surface area contributed by atoms with E-state index < -0.39 is 5.97 Å². The number of nitrogen functional groups attached to an aromatic ring is 1. The second kappa shape index (κ2) is 5.34. The van der Waals surface area contributed by atoms with Crippen molar-refractivity contribution in [3.05, 3.63) is 53.5 Å². The van der Waals surface area contributed by atoms with Gasteiger partial charge in [-0.15, -0.1) is 0 Å². The molecule has 0 saturated carbocycles. The molecular weight excluding hydrogens is 249 g/mol. The maximum absolute atomic E-state index is 13.0. The lowest BCUT2D eigenvalue weighted by Crippen LogP contribution is -2.09. The topological polar surface area (TPSA) is 88.2 Å². The first-order valence-electron chi connectivity index (χ1n) is 5.54. The standard InChI is InChI=1S/C13H12FN3O2/c14-9-3-1-2-8(6-9)7-17-12-11(15)10(13(18)19)4-5-16-12/h1-6H,7,15H2,(H,16,17)(H,18,19). The number of pyridine rings is 1. The Hall–Kier alpha value is -2.63. The van der Waals surface area contributed by atoms with Crippen molar-refractivity contribution >= 4 is 17.5 Å². The van der Waals surface area contributed by atoms with Gasteiger partial charge in [0.2, 0.25) is 0 Å². The van der Waals surface area contributed by atoms with E-state index in [9.17, 15) is 9.18 Å². The minimum Gasteiger partial charge on any atom is -0.478 e. The van der Waals surface area contributed by atoms with Crippen molar-refractivity contribution in [1.82, 2.24) is 4.98 Å². The number of nitrogens with zero attached hydrogens (tertiary/aromatic N) is 1. The van der Waals surface area contributed by atoms with Gasteiger partial charge in [-0.2, -0.15) is 0 Å². The predicted molar refractivity (Wildman–Crippen MR) is 69.3 cm³/mol. The molecule has 0 unspecified atom stereocenters. The van der Waals surface area contributed by atoms with Crippen molar-refractivity contribution in [1.29, 1.82) is 0 Å². The van der Waals surface area contributed by atoms with E-state index in [1.54, 1.807) is 12.1 Å². The third kappa shape index (κ3) is 2.98. The molecule has 0 bridgehead atoms. The van der Waals surface area contributed by atoms with Crippen LogP contribution >= 0.6 is 0 Å². The van der Waals surface area contributed by atoms with Crippen LogP contribution < -0.4 is 11.1 Å². The molecule has 98 valence electrons. The summed E-state index contributed by atoms with van der Waals surface area (Å²) in [5, 5.41) is 11.8. The summed E-state index contributed by atoms with van der Waals surface area (Å²) in [5.74, 6) is -1.18. The minimum atomic E-state index is -1.12. The number of hydrogen-bond acceptors (Lipinski definition) is 4. The number of carboxylic acids is 1. The molecule has 6 heteroatoms. The summed E-state index contributed by atoms with van der Waals surface area (Å²) >= 11 is 0. The number of nitrogens with two attached hydrogens (primary N) is 1. The molecule has 4 N–H and O–H groups in total. The van der Waals surface area contributed by atoms with Crippen molar-refractivity contribution in [3.63, 3.8) is 0 Å². The van der Waals surface area contributed by atoms with Gasteiger partial charge in [0.25, 0.3) is 0 Å². The molecule has 0 aliphatic heterocycles. The fourth-order valence-electron chi connectivity index (χ4n) is 1.63. The number of rotatable bonds is 4. The zero-order valence-corrected chi connectivity index (χ0v) is 9.93. The number of benzene rings is 1.